The molecular weight excluding hydrogens is 390 g/mol. The number of nitro benzene ring substituents is 1. The Hall–Kier alpha value is -3.65. The normalized spacial score (nSPS) is 11.8. The molecule has 0 radical (unpaired) electrons. The van der Waals surface area contributed by atoms with Gasteiger partial charge in [0.15, 0.2) is 11.0 Å². The number of rotatable bonds is 7. The molecule has 10 nitrogen and oxygen atoms in total. The van der Waals surface area contributed by atoms with Crippen molar-refractivity contribution in [2.45, 2.75) is 17.9 Å². The quantitative estimate of drug-likeness (QED) is 0.541. The number of ether oxygens (including phenoxy) is 2. The number of amides is 1. The monoisotopic (exact) mass is 405 g/mol. The molecule has 1 amide bonds. The Kier molecular flexibility index (Phi) is 6.17. The Labute approximate surface area is 160 Å². The van der Waals surface area contributed by atoms with Crippen LogP contribution in [0.3, 0.4) is 0 Å². The van der Waals surface area contributed by atoms with E-state index in [2.05, 4.69) is 0 Å². The number of sulfonamides is 1. The predicted molar refractivity (Wildman–Crippen MR) is 96.2 cm³/mol. The van der Waals surface area contributed by atoms with Gasteiger partial charge in [-0.15, -0.1) is 0 Å². The topological polar surface area (TPSA) is 149 Å². The number of para-hydroxylation sites is 1. The van der Waals surface area contributed by atoms with Gasteiger partial charge in [-0.3, -0.25) is 14.9 Å². The number of benzene rings is 2. The van der Waals surface area contributed by atoms with Crippen molar-refractivity contribution in [2.24, 2.45) is 0 Å². The minimum Gasteiger partial charge on any atom is -0.497 e. The van der Waals surface area contributed by atoms with Crippen LogP contribution in [0.2, 0.25) is 0 Å². The molecule has 0 aliphatic heterocycles. The number of nitro groups is 1. The van der Waals surface area contributed by atoms with Crippen LogP contribution >= 0.6 is 0 Å². The van der Waals surface area contributed by atoms with Crippen molar-refractivity contribution in [3.05, 3.63) is 58.1 Å². The van der Waals surface area contributed by atoms with Crippen molar-refractivity contribution in [2.75, 3.05) is 7.11 Å². The summed E-state index contributed by atoms with van der Waals surface area (Å²) in [6.07, 6.45) is -1.29. The van der Waals surface area contributed by atoms with Gasteiger partial charge in [0, 0.05) is 0 Å². The zero-order valence-corrected chi connectivity index (χ0v) is 15.6. The molecule has 1 N–H and O–H groups in total. The van der Waals surface area contributed by atoms with E-state index in [0.717, 1.165) is 12.1 Å². The van der Waals surface area contributed by atoms with Gasteiger partial charge >= 0.3 is 0 Å². The number of carbonyl (C=O) groups excluding carboxylic acids is 1. The number of nitrogens with zero attached hydrogens (tertiary/aromatic N) is 2. The summed E-state index contributed by atoms with van der Waals surface area (Å²) in [6.45, 7) is 1.28. The molecule has 2 rings (SSSR count). The van der Waals surface area contributed by atoms with Gasteiger partial charge in [-0.2, -0.15) is 5.26 Å². The molecule has 0 aromatic heterocycles. The minimum absolute atomic E-state index is 0.0850. The molecule has 28 heavy (non-hydrogen) atoms. The molecule has 0 heterocycles. The second-order valence-corrected chi connectivity index (χ2v) is 7.08. The van der Waals surface area contributed by atoms with Crippen LogP contribution in [0.5, 0.6) is 11.5 Å². The summed E-state index contributed by atoms with van der Waals surface area (Å²) < 4.78 is 36.9. The van der Waals surface area contributed by atoms with E-state index < -0.39 is 37.5 Å². The van der Waals surface area contributed by atoms with E-state index in [-0.39, 0.29) is 17.1 Å². The maximum atomic E-state index is 12.5. The van der Waals surface area contributed by atoms with Crippen LogP contribution in [0.4, 0.5) is 5.69 Å². The Bertz CT molecular complexity index is 1060. The number of hydrogen-bond acceptors (Lipinski definition) is 8. The SMILES string of the molecule is COc1ccc(S(=O)(=O)NC(=O)C(C)Oc2ccccc2C#N)c([N+](=O)[O-])c1. The lowest BCUT2D eigenvalue weighted by atomic mass is 10.2. The maximum Gasteiger partial charge on any atom is 0.293 e. The highest BCUT2D eigenvalue weighted by molar-refractivity contribution is 7.90. The maximum absolute atomic E-state index is 12.5. The lowest BCUT2D eigenvalue weighted by molar-refractivity contribution is -0.387. The Morgan fingerprint density at radius 3 is 2.57 bits per heavy atom. The van der Waals surface area contributed by atoms with Crippen molar-refractivity contribution in [3.8, 4) is 17.6 Å². The smallest absolute Gasteiger partial charge is 0.293 e. The van der Waals surface area contributed by atoms with E-state index in [4.69, 9.17) is 14.7 Å². The van der Waals surface area contributed by atoms with Crippen molar-refractivity contribution in [1.82, 2.24) is 4.72 Å². The van der Waals surface area contributed by atoms with E-state index in [1.807, 2.05) is 6.07 Å². The van der Waals surface area contributed by atoms with Crippen LogP contribution in [0.1, 0.15) is 12.5 Å². The standard InChI is InChI=1S/C17H15N3O7S/c1-11(27-15-6-4-3-5-12(15)10-18)17(21)19-28(24,25)16-8-7-13(26-2)9-14(16)20(22)23/h3-9,11H,1-2H3,(H,19,21). The fourth-order valence-corrected chi connectivity index (χ4v) is 3.37. The van der Waals surface area contributed by atoms with Crippen LogP contribution in [-0.2, 0) is 14.8 Å². The first-order valence-corrected chi connectivity index (χ1v) is 9.22. The first kappa shape index (κ1) is 20.7. The summed E-state index contributed by atoms with van der Waals surface area (Å²) in [6, 6.07) is 11.1. The number of carbonyl (C=O) groups is 1. The lowest BCUT2D eigenvalue weighted by Gasteiger charge is -2.15. The van der Waals surface area contributed by atoms with Gasteiger partial charge in [0.25, 0.3) is 21.6 Å². The number of hydrogen-bond donors (Lipinski definition) is 1. The summed E-state index contributed by atoms with van der Waals surface area (Å²) in [5, 5.41) is 20.2. The van der Waals surface area contributed by atoms with E-state index in [0.29, 0.717) is 0 Å². The molecule has 1 atom stereocenters. The molecule has 11 heteroatoms. The summed E-state index contributed by atoms with van der Waals surface area (Å²) in [5.74, 6) is -0.875. The van der Waals surface area contributed by atoms with Crippen molar-refractivity contribution in [1.29, 1.82) is 5.26 Å². The number of nitrogens with one attached hydrogen (secondary N) is 1. The van der Waals surface area contributed by atoms with E-state index in [9.17, 15) is 23.3 Å². The minimum atomic E-state index is -4.55. The average molecular weight is 405 g/mol. The van der Waals surface area contributed by atoms with Crippen LogP contribution in [-0.4, -0.2) is 32.5 Å². The van der Waals surface area contributed by atoms with Gasteiger partial charge in [-0.1, -0.05) is 12.1 Å². The van der Waals surface area contributed by atoms with Crippen molar-refractivity contribution < 1.29 is 27.6 Å². The molecule has 0 fully saturated rings. The molecule has 1 unspecified atom stereocenters. The van der Waals surface area contributed by atoms with Crippen LogP contribution in [0, 0.1) is 21.4 Å². The predicted octanol–water partition coefficient (Wildman–Crippen LogP) is 1.75. The molecule has 0 aliphatic carbocycles. The van der Waals surface area contributed by atoms with Crippen LogP contribution < -0.4 is 14.2 Å². The Morgan fingerprint density at radius 1 is 1.29 bits per heavy atom. The fraction of sp³-hybridized carbons (Fsp3) is 0.176. The molecule has 2 aromatic rings. The zero-order chi connectivity index (χ0) is 20.9. The zero-order valence-electron chi connectivity index (χ0n) is 14.8. The lowest BCUT2D eigenvalue weighted by Crippen LogP contribution is -2.40. The van der Waals surface area contributed by atoms with E-state index >= 15 is 0 Å². The van der Waals surface area contributed by atoms with Crippen molar-refractivity contribution >= 4 is 21.6 Å². The molecule has 146 valence electrons. The highest BCUT2D eigenvalue weighted by Crippen LogP contribution is 2.28. The summed E-state index contributed by atoms with van der Waals surface area (Å²) in [5.41, 5.74) is -0.584. The highest BCUT2D eigenvalue weighted by atomic mass is 32.2. The number of nitriles is 1. The fourth-order valence-electron chi connectivity index (χ4n) is 2.17. The average Bonchev–Trinajstić information content (AvgIpc) is 2.67. The molecular formula is C17H15N3O7S. The Morgan fingerprint density at radius 2 is 1.96 bits per heavy atom. The largest absolute Gasteiger partial charge is 0.497 e. The second-order valence-electron chi connectivity index (χ2n) is 5.43. The van der Waals surface area contributed by atoms with Gasteiger partial charge in [-0.25, -0.2) is 13.1 Å². The van der Waals surface area contributed by atoms with Crippen LogP contribution in [0.15, 0.2) is 47.4 Å². The third-order valence-electron chi connectivity index (χ3n) is 3.57. The van der Waals surface area contributed by atoms with Gasteiger partial charge < -0.3 is 9.47 Å². The summed E-state index contributed by atoms with van der Waals surface area (Å²) >= 11 is 0. The molecule has 0 aliphatic rings. The molecule has 2 aromatic carbocycles. The van der Waals surface area contributed by atoms with Gasteiger partial charge in [0.2, 0.25) is 0 Å². The third kappa shape index (κ3) is 4.54. The molecule has 0 saturated heterocycles. The van der Waals surface area contributed by atoms with Gasteiger partial charge in [0.05, 0.1) is 23.7 Å². The molecule has 0 spiro atoms. The van der Waals surface area contributed by atoms with Gasteiger partial charge in [-0.05, 0) is 31.2 Å². The van der Waals surface area contributed by atoms with Crippen molar-refractivity contribution in [3.63, 3.8) is 0 Å². The highest BCUT2D eigenvalue weighted by Gasteiger charge is 2.30. The summed E-state index contributed by atoms with van der Waals surface area (Å²) in [4.78, 5) is 21.8. The second kappa shape index (κ2) is 8.36. The molecule has 0 bridgehead atoms. The first-order valence-electron chi connectivity index (χ1n) is 7.74. The third-order valence-corrected chi connectivity index (χ3v) is 4.96. The Balaban J connectivity index is 2.25. The van der Waals surface area contributed by atoms with E-state index in [1.165, 1.54) is 32.2 Å². The summed E-state index contributed by atoms with van der Waals surface area (Å²) in [7, 11) is -3.28. The van der Waals surface area contributed by atoms with E-state index in [1.54, 1.807) is 16.9 Å². The van der Waals surface area contributed by atoms with Gasteiger partial charge in [0.1, 0.15) is 17.6 Å². The first-order chi connectivity index (χ1) is 13.2. The van der Waals surface area contributed by atoms with Crippen LogP contribution in [0.25, 0.3) is 0 Å². The molecule has 0 saturated carbocycles. The number of methoxy groups -OCH3 is 1.